The molecule has 0 aromatic rings. The van der Waals surface area contributed by atoms with Crippen LogP contribution in [0.15, 0.2) is 12.7 Å². The van der Waals surface area contributed by atoms with Gasteiger partial charge in [-0.2, -0.15) is 0 Å². The lowest BCUT2D eigenvalue weighted by molar-refractivity contribution is -0.137. The normalized spacial score (nSPS) is 8.69. The molecule has 0 saturated carbocycles. The van der Waals surface area contributed by atoms with E-state index in [1.165, 1.54) is 0 Å². The first-order valence-corrected chi connectivity index (χ1v) is 4.40. The Morgan fingerprint density at radius 1 is 1.54 bits per heavy atom. The largest absolute Gasteiger partial charge is 0.463 e. The summed E-state index contributed by atoms with van der Waals surface area (Å²) in [5, 5.41) is 0. The van der Waals surface area contributed by atoms with Gasteiger partial charge in [0.15, 0.2) is 0 Å². The highest BCUT2D eigenvalue weighted by atomic mass is 16.5. The number of carbonyl (C=O) groups excluding carboxylic acids is 1. The first-order chi connectivity index (χ1) is 6.08. The Bertz CT molecular complexity index is 130. The van der Waals surface area contributed by atoms with Crippen LogP contribution in [0.1, 0.15) is 27.2 Å². The van der Waals surface area contributed by atoms with E-state index in [0.717, 1.165) is 12.5 Å². The summed E-state index contributed by atoms with van der Waals surface area (Å²) >= 11 is 0. The molecule has 0 radical (unpaired) electrons. The van der Waals surface area contributed by atoms with Gasteiger partial charge in [0.2, 0.25) is 0 Å². The number of hydrogen-bond donors (Lipinski definition) is 0. The minimum atomic E-state index is -0.341. The zero-order valence-corrected chi connectivity index (χ0v) is 9.00. The molecule has 0 N–H and O–H groups in total. The van der Waals surface area contributed by atoms with Gasteiger partial charge < -0.3 is 9.47 Å². The van der Waals surface area contributed by atoms with Crippen molar-refractivity contribution in [3.8, 4) is 0 Å². The molecule has 78 valence electrons. The fraction of sp³-hybridized carbons (Fsp3) is 0.700. The maximum Gasteiger partial charge on any atom is 0.330 e. The van der Waals surface area contributed by atoms with Gasteiger partial charge in [-0.3, -0.25) is 0 Å². The van der Waals surface area contributed by atoms with Crippen molar-refractivity contribution in [3.05, 3.63) is 12.7 Å². The third-order valence-corrected chi connectivity index (χ3v) is 1.09. The van der Waals surface area contributed by atoms with Gasteiger partial charge in [-0.1, -0.05) is 13.5 Å². The van der Waals surface area contributed by atoms with E-state index < -0.39 is 0 Å². The smallest absolute Gasteiger partial charge is 0.330 e. The van der Waals surface area contributed by atoms with Crippen LogP contribution in [0.4, 0.5) is 0 Å². The minimum absolute atomic E-state index is 0.341. The van der Waals surface area contributed by atoms with E-state index in [4.69, 9.17) is 4.74 Å². The average Bonchev–Trinajstić information content (AvgIpc) is 2.15. The van der Waals surface area contributed by atoms with Crippen LogP contribution in [0.25, 0.3) is 0 Å². The molecule has 0 rings (SSSR count). The third kappa shape index (κ3) is 18.3. The summed E-state index contributed by atoms with van der Waals surface area (Å²) in [6.07, 6.45) is 2.41. The Labute approximate surface area is 80.7 Å². The van der Waals surface area contributed by atoms with Crippen molar-refractivity contribution in [2.45, 2.75) is 33.3 Å². The van der Waals surface area contributed by atoms with Crippen LogP contribution in [0.2, 0.25) is 0 Å². The molecule has 0 fully saturated rings. The molecule has 0 heterocycles. The summed E-state index contributed by atoms with van der Waals surface area (Å²) < 4.78 is 9.33. The lowest BCUT2D eigenvalue weighted by atomic mass is 10.5. The van der Waals surface area contributed by atoms with Gasteiger partial charge in [-0.15, -0.1) is 0 Å². The van der Waals surface area contributed by atoms with Crippen molar-refractivity contribution in [1.82, 2.24) is 0 Å². The Balaban J connectivity index is 0. The second kappa shape index (κ2) is 11.2. The summed E-state index contributed by atoms with van der Waals surface area (Å²) in [6, 6.07) is 0. The molecule has 0 atom stereocenters. The molecule has 0 saturated heterocycles. The van der Waals surface area contributed by atoms with Crippen LogP contribution in [0.3, 0.4) is 0 Å². The van der Waals surface area contributed by atoms with E-state index in [-0.39, 0.29) is 5.97 Å². The van der Waals surface area contributed by atoms with Crippen LogP contribution in [-0.2, 0) is 14.3 Å². The number of hydrogen-bond acceptors (Lipinski definition) is 3. The predicted molar refractivity (Wildman–Crippen MR) is 53.6 cm³/mol. The van der Waals surface area contributed by atoms with Crippen LogP contribution >= 0.6 is 0 Å². The number of methoxy groups -OCH3 is 1. The second-order valence-electron chi connectivity index (χ2n) is 2.66. The second-order valence-corrected chi connectivity index (χ2v) is 2.66. The third-order valence-electron chi connectivity index (χ3n) is 1.09. The molecule has 3 nitrogen and oxygen atoms in total. The van der Waals surface area contributed by atoms with E-state index in [2.05, 4.69) is 11.3 Å². The summed E-state index contributed by atoms with van der Waals surface area (Å²) in [6.45, 7) is 9.67. The first kappa shape index (κ1) is 14.7. The van der Waals surface area contributed by atoms with Gasteiger partial charge in [-0.25, -0.2) is 4.79 Å². The van der Waals surface area contributed by atoms with E-state index in [0.29, 0.717) is 12.7 Å². The molecule has 0 aromatic carbocycles. The maximum absolute atomic E-state index is 10.2. The van der Waals surface area contributed by atoms with Gasteiger partial charge in [0, 0.05) is 13.2 Å². The number of carbonyl (C=O) groups is 1. The van der Waals surface area contributed by atoms with Crippen molar-refractivity contribution in [2.24, 2.45) is 0 Å². The number of esters is 1. The first-order valence-electron chi connectivity index (χ1n) is 4.40. The number of rotatable bonds is 4. The summed E-state index contributed by atoms with van der Waals surface area (Å²) in [5.74, 6) is -0.341. The molecule has 0 bridgehead atoms. The molecule has 0 aromatic heterocycles. The van der Waals surface area contributed by atoms with Crippen LogP contribution in [-0.4, -0.2) is 25.8 Å². The lowest BCUT2D eigenvalue weighted by Crippen LogP contribution is -1.99. The molecule has 0 unspecified atom stereocenters. The van der Waals surface area contributed by atoms with Crippen LogP contribution in [0, 0.1) is 0 Å². The van der Waals surface area contributed by atoms with Gasteiger partial charge >= 0.3 is 5.97 Å². The molecule has 13 heavy (non-hydrogen) atoms. The minimum Gasteiger partial charge on any atom is -0.463 e. The van der Waals surface area contributed by atoms with Crippen LogP contribution in [0.5, 0.6) is 0 Å². The summed E-state index contributed by atoms with van der Waals surface area (Å²) in [5.41, 5.74) is 0. The SMILES string of the molecule is C=CC(=O)OCCC.COC(C)C. The van der Waals surface area contributed by atoms with Crippen molar-refractivity contribution in [2.75, 3.05) is 13.7 Å². The van der Waals surface area contributed by atoms with Gasteiger partial charge in [0.1, 0.15) is 0 Å². The van der Waals surface area contributed by atoms with Gasteiger partial charge in [0.05, 0.1) is 12.7 Å². The van der Waals surface area contributed by atoms with Crippen LogP contribution < -0.4 is 0 Å². The summed E-state index contributed by atoms with van der Waals surface area (Å²) in [4.78, 5) is 10.2. The monoisotopic (exact) mass is 188 g/mol. The Morgan fingerprint density at radius 3 is 2.23 bits per heavy atom. The highest BCUT2D eigenvalue weighted by molar-refractivity contribution is 5.81. The lowest BCUT2D eigenvalue weighted by Gasteiger charge is -1.94. The van der Waals surface area contributed by atoms with E-state index in [1.54, 1.807) is 7.11 Å². The van der Waals surface area contributed by atoms with E-state index in [1.807, 2.05) is 20.8 Å². The zero-order chi connectivity index (χ0) is 10.7. The molecular formula is C10H20O3. The highest BCUT2D eigenvalue weighted by Crippen LogP contribution is 1.81. The van der Waals surface area contributed by atoms with E-state index >= 15 is 0 Å². The van der Waals surface area contributed by atoms with Crippen molar-refractivity contribution < 1.29 is 14.3 Å². The Kier molecular flexibility index (Phi) is 12.6. The fourth-order valence-corrected chi connectivity index (χ4v) is 0.262. The maximum atomic E-state index is 10.2. The topological polar surface area (TPSA) is 35.5 Å². The fourth-order valence-electron chi connectivity index (χ4n) is 0.262. The Morgan fingerprint density at radius 2 is 2.00 bits per heavy atom. The standard InChI is InChI=1S/C6H10O2.C4H10O/c1-3-5-8-6(7)4-2;1-4(2)5-3/h4H,2-3,5H2,1H3;4H,1-3H3. The molecule has 3 heteroatoms. The van der Waals surface area contributed by atoms with Crippen molar-refractivity contribution in [1.29, 1.82) is 0 Å². The summed E-state index contributed by atoms with van der Waals surface area (Å²) in [7, 11) is 1.70. The predicted octanol–water partition coefficient (Wildman–Crippen LogP) is 2.17. The molecule has 0 aliphatic carbocycles. The molecule has 0 aliphatic rings. The highest BCUT2D eigenvalue weighted by Gasteiger charge is 1.89. The molecule has 0 amide bonds. The zero-order valence-electron chi connectivity index (χ0n) is 9.00. The number of ether oxygens (including phenoxy) is 2. The van der Waals surface area contributed by atoms with Crippen molar-refractivity contribution in [3.63, 3.8) is 0 Å². The van der Waals surface area contributed by atoms with Gasteiger partial charge in [-0.05, 0) is 20.3 Å². The molecule has 0 aliphatic heterocycles. The quantitative estimate of drug-likeness (QED) is 0.501. The molecule has 0 spiro atoms. The van der Waals surface area contributed by atoms with Gasteiger partial charge in [0.25, 0.3) is 0 Å². The van der Waals surface area contributed by atoms with Crippen molar-refractivity contribution >= 4 is 5.97 Å². The average molecular weight is 188 g/mol. The molecular weight excluding hydrogens is 168 g/mol. The Hall–Kier alpha value is -0.830. The van der Waals surface area contributed by atoms with E-state index in [9.17, 15) is 4.79 Å².